The van der Waals surface area contributed by atoms with Crippen molar-refractivity contribution in [3.63, 3.8) is 0 Å². The summed E-state index contributed by atoms with van der Waals surface area (Å²) in [7, 11) is -3.70. The first-order valence-corrected chi connectivity index (χ1v) is 10.9. The third kappa shape index (κ3) is 5.91. The van der Waals surface area contributed by atoms with Crippen LogP contribution in [0.4, 0.5) is 5.69 Å². The van der Waals surface area contributed by atoms with Gasteiger partial charge in [-0.2, -0.15) is 8.42 Å². The standard InChI is InChI=1S/C18H23N3O7S.ClH/c22-16(23)11-21-17(24)14-5-4-13(10-15(14)18(21)25)19-12-28-29(26,27)9-8-20-6-2-1-3-7-20;/h4-5,10,19H,1-3,6-9,11-12H2,(H,22,23);1H. The molecule has 1 saturated heterocycles. The van der Waals surface area contributed by atoms with Crippen molar-refractivity contribution in [3.8, 4) is 0 Å². The van der Waals surface area contributed by atoms with E-state index >= 15 is 0 Å². The van der Waals surface area contributed by atoms with E-state index < -0.39 is 34.4 Å². The lowest BCUT2D eigenvalue weighted by molar-refractivity contribution is -0.137. The average molecular weight is 462 g/mol. The zero-order valence-electron chi connectivity index (χ0n) is 16.2. The monoisotopic (exact) mass is 461 g/mol. The number of imide groups is 1. The number of carbonyl (C=O) groups is 3. The Hall–Kier alpha value is -2.21. The molecule has 2 N–H and O–H groups in total. The second-order valence-corrected chi connectivity index (χ2v) is 8.71. The van der Waals surface area contributed by atoms with Crippen molar-refractivity contribution in [1.29, 1.82) is 0 Å². The lowest BCUT2D eigenvalue weighted by atomic mass is 10.1. The topological polar surface area (TPSA) is 133 Å². The van der Waals surface area contributed by atoms with Crippen LogP contribution in [-0.2, 0) is 19.1 Å². The fourth-order valence-electron chi connectivity index (χ4n) is 3.36. The lowest BCUT2D eigenvalue weighted by Crippen LogP contribution is -2.34. The Kier molecular flexibility index (Phi) is 8.18. The number of nitrogens with one attached hydrogen (secondary N) is 1. The van der Waals surface area contributed by atoms with Crippen molar-refractivity contribution in [2.24, 2.45) is 0 Å². The number of piperidine rings is 1. The lowest BCUT2D eigenvalue weighted by Gasteiger charge is -2.25. The van der Waals surface area contributed by atoms with Gasteiger partial charge in [-0.3, -0.25) is 19.3 Å². The van der Waals surface area contributed by atoms with Gasteiger partial charge in [-0.25, -0.2) is 4.18 Å². The maximum Gasteiger partial charge on any atom is 0.323 e. The highest BCUT2D eigenvalue weighted by molar-refractivity contribution is 7.86. The van der Waals surface area contributed by atoms with E-state index in [1.165, 1.54) is 24.6 Å². The van der Waals surface area contributed by atoms with E-state index in [0.717, 1.165) is 25.9 Å². The molecule has 2 amide bonds. The molecule has 10 nitrogen and oxygen atoms in total. The minimum absolute atomic E-state index is 0. The number of rotatable bonds is 9. The van der Waals surface area contributed by atoms with E-state index in [4.69, 9.17) is 9.29 Å². The van der Waals surface area contributed by atoms with Gasteiger partial charge in [0.05, 0.1) is 16.9 Å². The van der Waals surface area contributed by atoms with Crippen LogP contribution in [-0.4, -0.2) is 79.8 Å². The van der Waals surface area contributed by atoms with E-state index in [9.17, 15) is 22.8 Å². The summed E-state index contributed by atoms with van der Waals surface area (Å²) in [5, 5.41) is 11.6. The van der Waals surface area contributed by atoms with Gasteiger partial charge in [0.25, 0.3) is 21.9 Å². The van der Waals surface area contributed by atoms with Gasteiger partial charge in [0, 0.05) is 12.2 Å². The molecule has 3 rings (SSSR count). The van der Waals surface area contributed by atoms with Gasteiger partial charge < -0.3 is 15.3 Å². The third-order valence-electron chi connectivity index (χ3n) is 4.89. The predicted octanol–water partition coefficient (Wildman–Crippen LogP) is 0.991. The number of hydrogen-bond acceptors (Lipinski definition) is 8. The van der Waals surface area contributed by atoms with Crippen molar-refractivity contribution < 1.29 is 32.1 Å². The Morgan fingerprint density at radius 2 is 1.77 bits per heavy atom. The van der Waals surface area contributed by atoms with Gasteiger partial charge in [0.2, 0.25) is 0 Å². The van der Waals surface area contributed by atoms with Gasteiger partial charge in [0.1, 0.15) is 13.3 Å². The predicted molar refractivity (Wildman–Crippen MR) is 110 cm³/mol. The first kappa shape index (κ1) is 24.1. The summed E-state index contributed by atoms with van der Waals surface area (Å²) in [4.78, 5) is 37.9. The summed E-state index contributed by atoms with van der Waals surface area (Å²) < 4.78 is 29.0. The Morgan fingerprint density at radius 1 is 1.10 bits per heavy atom. The van der Waals surface area contributed by atoms with Crippen LogP contribution in [0.15, 0.2) is 18.2 Å². The molecule has 0 spiro atoms. The third-order valence-corrected chi connectivity index (χ3v) is 6.04. The molecule has 2 aliphatic rings. The number of anilines is 1. The number of carbonyl (C=O) groups excluding carboxylic acids is 2. The summed E-state index contributed by atoms with van der Waals surface area (Å²) in [5.74, 6) is -2.77. The van der Waals surface area contributed by atoms with Crippen LogP contribution in [0.5, 0.6) is 0 Å². The molecule has 0 unspecified atom stereocenters. The fourth-order valence-corrected chi connectivity index (χ4v) is 4.20. The molecule has 2 aliphatic heterocycles. The number of fused-ring (bicyclic) bond motifs is 1. The maximum absolute atomic E-state index is 12.2. The van der Waals surface area contributed by atoms with Gasteiger partial charge in [-0.05, 0) is 44.1 Å². The first-order valence-electron chi connectivity index (χ1n) is 9.32. The highest BCUT2D eigenvalue weighted by Crippen LogP contribution is 2.25. The molecular formula is C18H24ClN3O7S. The molecule has 2 heterocycles. The normalized spacial score (nSPS) is 16.9. The summed E-state index contributed by atoms with van der Waals surface area (Å²) >= 11 is 0. The van der Waals surface area contributed by atoms with E-state index in [0.29, 0.717) is 17.1 Å². The van der Waals surface area contributed by atoms with Crippen molar-refractivity contribution in [2.75, 3.05) is 44.0 Å². The molecule has 166 valence electrons. The van der Waals surface area contributed by atoms with Crippen LogP contribution in [0.25, 0.3) is 0 Å². The number of aliphatic carboxylic acids is 1. The number of amides is 2. The van der Waals surface area contributed by atoms with Crippen LogP contribution < -0.4 is 5.32 Å². The highest BCUT2D eigenvalue weighted by atomic mass is 35.5. The molecule has 0 radical (unpaired) electrons. The Balaban J connectivity index is 0.00000320. The van der Waals surface area contributed by atoms with Crippen LogP contribution in [0.2, 0.25) is 0 Å². The van der Waals surface area contributed by atoms with Gasteiger partial charge in [-0.15, -0.1) is 12.4 Å². The van der Waals surface area contributed by atoms with E-state index in [1.54, 1.807) is 0 Å². The molecular weight excluding hydrogens is 438 g/mol. The second kappa shape index (κ2) is 10.2. The number of halogens is 1. The zero-order chi connectivity index (χ0) is 21.0. The van der Waals surface area contributed by atoms with E-state index in [-0.39, 0.29) is 36.0 Å². The molecule has 0 bridgehead atoms. The Bertz CT molecular complexity index is 916. The van der Waals surface area contributed by atoms with Crippen molar-refractivity contribution in [3.05, 3.63) is 29.3 Å². The second-order valence-electron chi connectivity index (χ2n) is 6.95. The summed E-state index contributed by atoms with van der Waals surface area (Å²) in [5.41, 5.74) is 0.555. The quantitative estimate of drug-likeness (QED) is 0.313. The van der Waals surface area contributed by atoms with Crippen LogP contribution >= 0.6 is 12.4 Å². The molecule has 0 aromatic heterocycles. The van der Waals surface area contributed by atoms with Gasteiger partial charge in [-0.1, -0.05) is 6.42 Å². The van der Waals surface area contributed by atoms with Crippen LogP contribution in [0.1, 0.15) is 40.0 Å². The van der Waals surface area contributed by atoms with Crippen molar-refractivity contribution >= 4 is 46.0 Å². The van der Waals surface area contributed by atoms with Crippen molar-refractivity contribution in [1.82, 2.24) is 9.80 Å². The van der Waals surface area contributed by atoms with E-state index in [2.05, 4.69) is 10.2 Å². The molecule has 1 aromatic carbocycles. The number of carboxylic acids is 1. The summed E-state index contributed by atoms with van der Waals surface area (Å²) in [6.07, 6.45) is 3.32. The first-order chi connectivity index (χ1) is 13.8. The highest BCUT2D eigenvalue weighted by Gasteiger charge is 2.36. The largest absolute Gasteiger partial charge is 0.480 e. The smallest absolute Gasteiger partial charge is 0.323 e. The summed E-state index contributed by atoms with van der Waals surface area (Å²) in [6.45, 7) is 1.19. The number of benzene rings is 1. The number of nitrogens with zero attached hydrogens (tertiary/aromatic N) is 2. The SMILES string of the molecule is Cl.O=C(O)CN1C(=O)c2ccc(NCOS(=O)(=O)CCN3CCCCC3)cc2C1=O. The van der Waals surface area contributed by atoms with Gasteiger partial charge >= 0.3 is 5.97 Å². The van der Waals surface area contributed by atoms with Crippen LogP contribution in [0, 0.1) is 0 Å². The molecule has 1 fully saturated rings. The fraction of sp³-hybridized carbons (Fsp3) is 0.500. The molecule has 0 atom stereocenters. The zero-order valence-corrected chi connectivity index (χ0v) is 17.8. The van der Waals surface area contributed by atoms with Gasteiger partial charge in [0.15, 0.2) is 0 Å². The number of hydrogen-bond donors (Lipinski definition) is 2. The summed E-state index contributed by atoms with van der Waals surface area (Å²) in [6, 6.07) is 4.27. The molecule has 12 heteroatoms. The molecule has 1 aromatic rings. The maximum atomic E-state index is 12.2. The minimum Gasteiger partial charge on any atom is -0.480 e. The minimum atomic E-state index is -3.70. The number of carboxylic acid groups (broad SMARTS) is 1. The average Bonchev–Trinajstić information content (AvgIpc) is 2.91. The molecule has 0 aliphatic carbocycles. The Morgan fingerprint density at radius 3 is 2.43 bits per heavy atom. The molecule has 30 heavy (non-hydrogen) atoms. The van der Waals surface area contributed by atoms with Crippen molar-refractivity contribution in [2.45, 2.75) is 19.3 Å². The molecule has 0 saturated carbocycles. The van der Waals surface area contributed by atoms with E-state index in [1.807, 2.05) is 0 Å². The van der Waals surface area contributed by atoms with Crippen LogP contribution in [0.3, 0.4) is 0 Å². The Labute approximate surface area is 180 Å². The number of likely N-dealkylation sites (tertiary alicyclic amines) is 1.